The molecule has 0 aliphatic carbocycles. The van der Waals surface area contributed by atoms with E-state index in [2.05, 4.69) is 27.7 Å². The summed E-state index contributed by atoms with van der Waals surface area (Å²) < 4.78 is 33.9. The summed E-state index contributed by atoms with van der Waals surface area (Å²) in [4.78, 5) is 0. The summed E-state index contributed by atoms with van der Waals surface area (Å²) in [6, 6.07) is 0. The standard InChI is InChI=1S/C22H46O6/c1-5-8-11-23-13-15-25-17-19-27-22(21(4)10-7-3)28-20-18-26-16-14-24-12-9-6-2/h21-22H,5-20H2,1-4H3. The normalized spacial score (nSPS) is 12.8. The summed E-state index contributed by atoms with van der Waals surface area (Å²) in [6.45, 7) is 15.0. The van der Waals surface area contributed by atoms with Gasteiger partial charge in [-0.1, -0.05) is 47.0 Å². The number of unbranched alkanes of at least 4 members (excludes halogenated alkanes) is 2. The lowest BCUT2D eigenvalue weighted by atomic mass is 10.1. The monoisotopic (exact) mass is 406 g/mol. The molecule has 0 aliphatic rings. The van der Waals surface area contributed by atoms with Gasteiger partial charge < -0.3 is 28.4 Å². The van der Waals surface area contributed by atoms with Crippen molar-refractivity contribution in [2.75, 3.05) is 66.1 Å². The van der Waals surface area contributed by atoms with E-state index in [0.29, 0.717) is 58.8 Å². The van der Waals surface area contributed by atoms with Crippen molar-refractivity contribution in [3.63, 3.8) is 0 Å². The van der Waals surface area contributed by atoms with Gasteiger partial charge in [0.2, 0.25) is 0 Å². The van der Waals surface area contributed by atoms with Crippen LogP contribution in [0.2, 0.25) is 0 Å². The zero-order chi connectivity index (χ0) is 20.7. The lowest BCUT2D eigenvalue weighted by Crippen LogP contribution is -2.28. The zero-order valence-corrected chi connectivity index (χ0v) is 18.9. The molecule has 170 valence electrons. The fourth-order valence-corrected chi connectivity index (χ4v) is 2.55. The van der Waals surface area contributed by atoms with Crippen molar-refractivity contribution in [2.45, 2.75) is 72.5 Å². The smallest absolute Gasteiger partial charge is 0.160 e. The van der Waals surface area contributed by atoms with Crippen molar-refractivity contribution in [3.05, 3.63) is 0 Å². The van der Waals surface area contributed by atoms with Crippen molar-refractivity contribution in [1.29, 1.82) is 0 Å². The molecule has 0 saturated carbocycles. The van der Waals surface area contributed by atoms with Crippen molar-refractivity contribution in [3.8, 4) is 0 Å². The molecule has 0 radical (unpaired) electrons. The molecule has 0 rings (SSSR count). The second-order valence-electron chi connectivity index (χ2n) is 7.03. The van der Waals surface area contributed by atoms with Gasteiger partial charge in [-0.15, -0.1) is 0 Å². The third-order valence-corrected chi connectivity index (χ3v) is 4.26. The van der Waals surface area contributed by atoms with E-state index in [-0.39, 0.29) is 6.29 Å². The average molecular weight is 407 g/mol. The lowest BCUT2D eigenvalue weighted by Gasteiger charge is -2.24. The first-order valence-electron chi connectivity index (χ1n) is 11.3. The van der Waals surface area contributed by atoms with Crippen molar-refractivity contribution in [1.82, 2.24) is 0 Å². The molecule has 0 saturated heterocycles. The van der Waals surface area contributed by atoms with Crippen LogP contribution in [0.3, 0.4) is 0 Å². The van der Waals surface area contributed by atoms with Gasteiger partial charge in [0.25, 0.3) is 0 Å². The Bertz CT molecular complexity index is 268. The molecule has 0 aliphatic heterocycles. The van der Waals surface area contributed by atoms with Crippen LogP contribution < -0.4 is 0 Å². The van der Waals surface area contributed by atoms with E-state index in [9.17, 15) is 0 Å². The van der Waals surface area contributed by atoms with Crippen LogP contribution in [-0.2, 0) is 28.4 Å². The Balaban J connectivity index is 3.72. The van der Waals surface area contributed by atoms with Gasteiger partial charge in [0, 0.05) is 19.1 Å². The maximum absolute atomic E-state index is 5.91. The van der Waals surface area contributed by atoms with Gasteiger partial charge in [-0.25, -0.2) is 0 Å². The highest BCUT2D eigenvalue weighted by atomic mass is 16.7. The van der Waals surface area contributed by atoms with Gasteiger partial charge >= 0.3 is 0 Å². The Morgan fingerprint density at radius 1 is 0.500 bits per heavy atom. The van der Waals surface area contributed by atoms with Crippen LogP contribution in [0.25, 0.3) is 0 Å². The van der Waals surface area contributed by atoms with Crippen LogP contribution in [0.4, 0.5) is 0 Å². The number of ether oxygens (including phenoxy) is 6. The Kier molecular flexibility index (Phi) is 22.8. The minimum atomic E-state index is -0.214. The Hall–Kier alpha value is -0.240. The third kappa shape index (κ3) is 19.1. The first kappa shape index (κ1) is 27.8. The van der Waals surface area contributed by atoms with Gasteiger partial charge in [0.05, 0.1) is 52.9 Å². The van der Waals surface area contributed by atoms with E-state index >= 15 is 0 Å². The molecule has 0 aromatic heterocycles. The van der Waals surface area contributed by atoms with Crippen LogP contribution in [0.1, 0.15) is 66.2 Å². The second-order valence-corrected chi connectivity index (χ2v) is 7.03. The minimum absolute atomic E-state index is 0.214. The minimum Gasteiger partial charge on any atom is -0.379 e. The second kappa shape index (κ2) is 23.0. The van der Waals surface area contributed by atoms with E-state index in [4.69, 9.17) is 28.4 Å². The van der Waals surface area contributed by atoms with Gasteiger partial charge in [0.1, 0.15) is 0 Å². The van der Waals surface area contributed by atoms with Crippen LogP contribution in [0.15, 0.2) is 0 Å². The molecule has 6 heteroatoms. The van der Waals surface area contributed by atoms with Gasteiger partial charge in [0.15, 0.2) is 6.29 Å². The maximum atomic E-state index is 5.91. The third-order valence-electron chi connectivity index (χ3n) is 4.26. The molecule has 1 unspecified atom stereocenters. The van der Waals surface area contributed by atoms with Crippen LogP contribution >= 0.6 is 0 Å². The quantitative estimate of drug-likeness (QED) is 0.185. The SMILES string of the molecule is CCCCOCCOCCOC(OCCOCCOCCCC)C(C)CCC. The van der Waals surface area contributed by atoms with E-state index < -0.39 is 0 Å². The van der Waals surface area contributed by atoms with E-state index in [0.717, 1.165) is 51.7 Å². The molecule has 6 nitrogen and oxygen atoms in total. The molecular formula is C22H46O6. The van der Waals surface area contributed by atoms with Gasteiger partial charge in [-0.2, -0.15) is 0 Å². The largest absolute Gasteiger partial charge is 0.379 e. The number of hydrogen-bond donors (Lipinski definition) is 0. The topological polar surface area (TPSA) is 55.4 Å². The van der Waals surface area contributed by atoms with E-state index in [1.54, 1.807) is 0 Å². The van der Waals surface area contributed by atoms with Crippen molar-refractivity contribution in [2.24, 2.45) is 5.92 Å². The molecule has 0 heterocycles. The van der Waals surface area contributed by atoms with Crippen LogP contribution in [0, 0.1) is 5.92 Å². The zero-order valence-electron chi connectivity index (χ0n) is 18.9. The molecule has 0 bridgehead atoms. The average Bonchev–Trinajstić information content (AvgIpc) is 2.69. The lowest BCUT2D eigenvalue weighted by molar-refractivity contribution is -0.183. The molecule has 0 aromatic rings. The van der Waals surface area contributed by atoms with E-state index in [1.165, 1.54) is 0 Å². The van der Waals surface area contributed by atoms with Crippen molar-refractivity contribution < 1.29 is 28.4 Å². The van der Waals surface area contributed by atoms with Crippen LogP contribution in [-0.4, -0.2) is 72.4 Å². The molecule has 0 spiro atoms. The highest BCUT2D eigenvalue weighted by Crippen LogP contribution is 2.15. The fourth-order valence-electron chi connectivity index (χ4n) is 2.55. The molecular weight excluding hydrogens is 360 g/mol. The summed E-state index contributed by atoms with van der Waals surface area (Å²) in [5.41, 5.74) is 0. The molecule has 0 aromatic carbocycles. The fraction of sp³-hybridized carbons (Fsp3) is 1.00. The number of rotatable bonds is 23. The highest BCUT2D eigenvalue weighted by Gasteiger charge is 2.17. The molecule has 28 heavy (non-hydrogen) atoms. The summed E-state index contributed by atoms with van der Waals surface area (Å²) in [7, 11) is 0. The first-order chi connectivity index (χ1) is 13.8. The maximum Gasteiger partial charge on any atom is 0.160 e. The summed E-state index contributed by atoms with van der Waals surface area (Å²) >= 11 is 0. The first-order valence-corrected chi connectivity index (χ1v) is 11.3. The Labute approximate surface area is 173 Å². The van der Waals surface area contributed by atoms with Gasteiger partial charge in [-0.3, -0.25) is 0 Å². The Morgan fingerprint density at radius 2 is 0.893 bits per heavy atom. The van der Waals surface area contributed by atoms with Crippen molar-refractivity contribution >= 4 is 0 Å². The van der Waals surface area contributed by atoms with E-state index in [1.807, 2.05) is 0 Å². The summed E-state index contributed by atoms with van der Waals surface area (Å²) in [5, 5.41) is 0. The summed E-state index contributed by atoms with van der Waals surface area (Å²) in [5.74, 6) is 0.347. The molecule has 0 N–H and O–H groups in total. The van der Waals surface area contributed by atoms with Gasteiger partial charge in [-0.05, 0) is 19.3 Å². The predicted octanol–water partition coefficient (Wildman–Crippen LogP) is 4.45. The summed E-state index contributed by atoms with van der Waals surface area (Å²) in [6.07, 6.45) is 6.49. The van der Waals surface area contributed by atoms with Crippen LogP contribution in [0.5, 0.6) is 0 Å². The Morgan fingerprint density at radius 3 is 1.29 bits per heavy atom. The highest BCUT2D eigenvalue weighted by molar-refractivity contribution is 4.57. The predicted molar refractivity (Wildman–Crippen MR) is 113 cm³/mol. The number of hydrogen-bond acceptors (Lipinski definition) is 6. The molecule has 0 fully saturated rings. The molecule has 1 atom stereocenters. The molecule has 0 amide bonds.